The van der Waals surface area contributed by atoms with E-state index in [0.29, 0.717) is 62.7 Å². The first-order chi connectivity index (χ1) is 21.7. The van der Waals surface area contributed by atoms with Crippen molar-refractivity contribution in [1.29, 1.82) is 0 Å². The van der Waals surface area contributed by atoms with Crippen molar-refractivity contribution in [3.8, 4) is 0 Å². The van der Waals surface area contributed by atoms with Gasteiger partial charge in [-0.2, -0.15) is 4.31 Å². The molecule has 1 N–H and O–H groups in total. The summed E-state index contributed by atoms with van der Waals surface area (Å²) < 4.78 is 33.5. The van der Waals surface area contributed by atoms with Gasteiger partial charge >= 0.3 is 6.09 Å². The summed E-state index contributed by atoms with van der Waals surface area (Å²) in [7, 11) is -3.75. The van der Waals surface area contributed by atoms with E-state index in [0.717, 1.165) is 34.4 Å². The van der Waals surface area contributed by atoms with Crippen LogP contribution >= 0.6 is 11.3 Å². The quantitative estimate of drug-likeness (QED) is 0.308. The molecule has 2 aromatic carbocycles. The Morgan fingerprint density at radius 2 is 1.60 bits per heavy atom. The van der Waals surface area contributed by atoms with Crippen LogP contribution in [0, 0.1) is 0 Å². The monoisotopic (exact) mass is 652 g/mol. The van der Waals surface area contributed by atoms with Gasteiger partial charge in [0.1, 0.15) is 5.00 Å². The van der Waals surface area contributed by atoms with E-state index in [2.05, 4.69) is 5.32 Å². The van der Waals surface area contributed by atoms with E-state index >= 15 is 0 Å². The summed E-state index contributed by atoms with van der Waals surface area (Å²) in [5.41, 5.74) is 3.75. The lowest BCUT2D eigenvalue weighted by atomic mass is 10.0. The number of nitrogens with one attached hydrogen (secondary N) is 1. The molecule has 0 saturated carbocycles. The van der Waals surface area contributed by atoms with Gasteiger partial charge in [0, 0.05) is 43.2 Å². The molecule has 0 saturated heterocycles. The van der Waals surface area contributed by atoms with Crippen molar-refractivity contribution in [3.63, 3.8) is 0 Å². The predicted molar refractivity (Wildman–Crippen MR) is 174 cm³/mol. The summed E-state index contributed by atoms with van der Waals surface area (Å²) in [6, 6.07) is 13.8. The molecule has 12 heteroatoms. The summed E-state index contributed by atoms with van der Waals surface area (Å²) in [4.78, 5) is 44.2. The van der Waals surface area contributed by atoms with Crippen LogP contribution in [0.4, 0.5) is 9.80 Å². The fraction of sp³-hybridized carbons (Fsp3) is 0.424. The van der Waals surface area contributed by atoms with Crippen LogP contribution in [0.5, 0.6) is 0 Å². The number of hydrogen-bond donors (Lipinski definition) is 1. The first kappa shape index (κ1) is 32.6. The minimum Gasteiger partial charge on any atom is -0.450 e. The third kappa shape index (κ3) is 6.92. The molecular formula is C33H40N4O6S2. The van der Waals surface area contributed by atoms with Crippen LogP contribution in [-0.2, 0) is 40.7 Å². The molecule has 0 atom stereocenters. The molecule has 2 aliphatic heterocycles. The smallest absolute Gasteiger partial charge is 0.410 e. The van der Waals surface area contributed by atoms with Crippen molar-refractivity contribution in [1.82, 2.24) is 14.1 Å². The molecule has 0 radical (unpaired) electrons. The van der Waals surface area contributed by atoms with Crippen LogP contribution in [0.25, 0.3) is 0 Å². The van der Waals surface area contributed by atoms with Gasteiger partial charge in [-0.1, -0.05) is 38.1 Å². The highest BCUT2D eigenvalue weighted by Crippen LogP contribution is 2.38. The van der Waals surface area contributed by atoms with E-state index in [1.54, 1.807) is 11.8 Å². The van der Waals surface area contributed by atoms with E-state index in [1.807, 2.05) is 43.0 Å². The number of carbonyl (C=O) groups excluding carboxylic acids is 3. The van der Waals surface area contributed by atoms with Gasteiger partial charge < -0.3 is 19.9 Å². The van der Waals surface area contributed by atoms with E-state index in [1.165, 1.54) is 39.9 Å². The third-order valence-electron chi connectivity index (χ3n) is 8.15. The molecule has 240 valence electrons. The van der Waals surface area contributed by atoms with Crippen LogP contribution in [0.15, 0.2) is 53.4 Å². The summed E-state index contributed by atoms with van der Waals surface area (Å²) in [5.74, 6) is -0.584. The normalized spacial score (nSPS) is 14.8. The maximum absolute atomic E-state index is 13.9. The number of fused-ring (bicyclic) bond motifs is 2. The van der Waals surface area contributed by atoms with Gasteiger partial charge in [0.2, 0.25) is 10.0 Å². The number of rotatable bonds is 10. The van der Waals surface area contributed by atoms with Gasteiger partial charge in [0.05, 0.1) is 23.6 Å². The average molecular weight is 653 g/mol. The number of anilines is 1. The van der Waals surface area contributed by atoms with Crippen molar-refractivity contribution in [2.24, 2.45) is 0 Å². The van der Waals surface area contributed by atoms with Crippen molar-refractivity contribution < 1.29 is 27.5 Å². The SMILES string of the molecule is CCCN(CCC)C(=O)c1c(NC(=O)c2ccc(S(=O)(=O)N3CCc4ccccc4C3)cc2)sc2c1CCN(C(=O)OCC)C2. The summed E-state index contributed by atoms with van der Waals surface area (Å²) >= 11 is 1.30. The fourth-order valence-electron chi connectivity index (χ4n) is 5.88. The summed E-state index contributed by atoms with van der Waals surface area (Å²) in [5, 5.41) is 3.38. The highest BCUT2D eigenvalue weighted by atomic mass is 32.2. The Morgan fingerprint density at radius 3 is 2.27 bits per heavy atom. The zero-order valence-electron chi connectivity index (χ0n) is 26.0. The Bertz CT molecular complexity index is 1660. The lowest BCUT2D eigenvalue weighted by Crippen LogP contribution is -2.37. The van der Waals surface area contributed by atoms with Crippen LogP contribution in [-0.4, -0.2) is 73.2 Å². The Balaban J connectivity index is 1.38. The van der Waals surface area contributed by atoms with Crippen LogP contribution in [0.1, 0.15) is 75.9 Å². The summed E-state index contributed by atoms with van der Waals surface area (Å²) in [6.07, 6.45) is 2.32. The number of amides is 3. The maximum Gasteiger partial charge on any atom is 0.410 e. The standard InChI is InChI=1S/C33H40N4O6S2/c1-4-17-35(18-5-2)32(39)29-27-16-19-36(33(40)43-6-3)22-28(27)44-31(29)34-30(38)24-11-13-26(14-12-24)45(41,42)37-20-15-23-9-7-8-10-25(23)21-37/h7-14H,4-6,15-22H2,1-3H3,(H,34,38). The topological polar surface area (TPSA) is 116 Å². The molecule has 5 rings (SSSR count). The molecule has 3 heterocycles. The molecule has 0 aliphatic carbocycles. The second-order valence-corrected chi connectivity index (χ2v) is 14.2. The number of sulfonamides is 1. The van der Waals surface area contributed by atoms with Gasteiger partial charge in [0.25, 0.3) is 11.8 Å². The van der Waals surface area contributed by atoms with E-state index < -0.39 is 22.0 Å². The lowest BCUT2D eigenvalue weighted by molar-refractivity contribution is 0.0755. The maximum atomic E-state index is 13.9. The van der Waals surface area contributed by atoms with Crippen LogP contribution in [0.3, 0.4) is 0 Å². The number of thiophene rings is 1. The second-order valence-electron chi connectivity index (χ2n) is 11.2. The largest absolute Gasteiger partial charge is 0.450 e. The van der Waals surface area contributed by atoms with E-state index in [9.17, 15) is 22.8 Å². The molecule has 0 unspecified atom stereocenters. The molecule has 0 spiro atoms. The van der Waals surface area contributed by atoms with Crippen molar-refractivity contribution in [2.75, 3.05) is 38.1 Å². The molecule has 0 fully saturated rings. The highest BCUT2D eigenvalue weighted by Gasteiger charge is 2.33. The minimum atomic E-state index is -3.75. The van der Waals surface area contributed by atoms with E-state index in [-0.39, 0.29) is 23.0 Å². The molecule has 3 amide bonds. The Labute approximate surface area is 269 Å². The van der Waals surface area contributed by atoms with Crippen molar-refractivity contribution >= 4 is 44.3 Å². The van der Waals surface area contributed by atoms with Gasteiger partial charge in [-0.05, 0) is 73.6 Å². The molecular weight excluding hydrogens is 613 g/mol. The van der Waals surface area contributed by atoms with Crippen LogP contribution in [0.2, 0.25) is 0 Å². The van der Waals surface area contributed by atoms with Crippen molar-refractivity contribution in [3.05, 3.63) is 81.2 Å². The van der Waals surface area contributed by atoms with Gasteiger partial charge in [-0.25, -0.2) is 13.2 Å². The number of hydrogen-bond acceptors (Lipinski definition) is 7. The third-order valence-corrected chi connectivity index (χ3v) is 11.1. The highest BCUT2D eigenvalue weighted by molar-refractivity contribution is 7.89. The summed E-state index contributed by atoms with van der Waals surface area (Å²) in [6.45, 7) is 8.67. The van der Waals surface area contributed by atoms with Crippen molar-refractivity contribution in [2.45, 2.75) is 64.4 Å². The number of benzene rings is 2. The van der Waals surface area contributed by atoms with Crippen LogP contribution < -0.4 is 5.32 Å². The first-order valence-corrected chi connectivity index (χ1v) is 17.8. The molecule has 0 bridgehead atoms. The second kappa shape index (κ2) is 14.1. The minimum absolute atomic E-state index is 0.120. The fourth-order valence-corrected chi connectivity index (χ4v) is 8.55. The average Bonchev–Trinajstić information content (AvgIpc) is 3.41. The van der Waals surface area contributed by atoms with Gasteiger partial charge in [-0.15, -0.1) is 11.3 Å². The molecule has 1 aromatic heterocycles. The molecule has 45 heavy (non-hydrogen) atoms. The van der Waals surface area contributed by atoms with E-state index in [4.69, 9.17) is 4.74 Å². The number of carbonyl (C=O) groups is 3. The number of nitrogens with zero attached hydrogens (tertiary/aromatic N) is 3. The molecule has 3 aromatic rings. The number of ether oxygens (including phenoxy) is 1. The Hall–Kier alpha value is -3.74. The Morgan fingerprint density at radius 1 is 0.911 bits per heavy atom. The predicted octanol–water partition coefficient (Wildman–Crippen LogP) is 5.52. The lowest BCUT2D eigenvalue weighted by Gasteiger charge is -2.28. The Kier molecular flexibility index (Phi) is 10.3. The van der Waals surface area contributed by atoms with Gasteiger partial charge in [-0.3, -0.25) is 9.59 Å². The van der Waals surface area contributed by atoms with Gasteiger partial charge in [0.15, 0.2) is 0 Å². The molecule has 10 nitrogen and oxygen atoms in total. The first-order valence-electron chi connectivity index (χ1n) is 15.5. The zero-order valence-corrected chi connectivity index (χ0v) is 27.6. The zero-order chi connectivity index (χ0) is 32.1. The molecule has 2 aliphatic rings.